The number of thiazole rings is 1. The molecule has 0 aliphatic heterocycles. The van der Waals surface area contributed by atoms with Crippen molar-refractivity contribution in [3.63, 3.8) is 0 Å². The molecule has 0 saturated heterocycles. The number of nitrogens with zero attached hydrogens (tertiary/aromatic N) is 3. The summed E-state index contributed by atoms with van der Waals surface area (Å²) in [5.74, 6) is 0.493. The number of nitrogens with two attached hydrogens (primary N) is 1. The van der Waals surface area contributed by atoms with Crippen molar-refractivity contribution in [2.45, 2.75) is 26.4 Å². The summed E-state index contributed by atoms with van der Waals surface area (Å²) in [6.45, 7) is 6.02. The first-order valence-electron chi connectivity index (χ1n) is 5.89. The molecule has 0 atom stereocenters. The Balaban J connectivity index is 2.38. The maximum absolute atomic E-state index is 9.92. The SMILES string of the molecule is Cc1nc(-c2c(N)nsc2N(C)CC(C)(C)O)cs1. The fourth-order valence-electron chi connectivity index (χ4n) is 1.93. The van der Waals surface area contributed by atoms with Gasteiger partial charge in [-0.25, -0.2) is 4.98 Å². The molecule has 0 bridgehead atoms. The van der Waals surface area contributed by atoms with Crippen molar-refractivity contribution in [3.05, 3.63) is 10.4 Å². The second-order valence-electron chi connectivity index (χ2n) is 5.17. The van der Waals surface area contributed by atoms with Gasteiger partial charge in [0.25, 0.3) is 0 Å². The minimum atomic E-state index is -0.775. The Morgan fingerprint density at radius 3 is 2.68 bits per heavy atom. The molecule has 0 radical (unpaired) electrons. The van der Waals surface area contributed by atoms with E-state index in [1.807, 2.05) is 24.3 Å². The molecule has 0 spiro atoms. The molecule has 0 aliphatic rings. The van der Waals surface area contributed by atoms with Crippen LogP contribution in [0.25, 0.3) is 11.3 Å². The minimum Gasteiger partial charge on any atom is -0.389 e. The summed E-state index contributed by atoms with van der Waals surface area (Å²) in [6, 6.07) is 0. The first-order chi connectivity index (χ1) is 8.78. The normalized spacial score (nSPS) is 11.8. The standard InChI is InChI=1S/C12H18N4OS2/c1-7-14-8(5-18-7)9-10(13)15-19-11(9)16(4)6-12(2,3)17/h5,17H,6H2,1-4H3,(H2,13,15). The van der Waals surface area contributed by atoms with Gasteiger partial charge in [0.1, 0.15) is 10.8 Å². The molecule has 0 saturated carbocycles. The fourth-order valence-corrected chi connectivity index (χ4v) is 3.31. The summed E-state index contributed by atoms with van der Waals surface area (Å²) >= 11 is 2.92. The number of aliphatic hydroxyl groups is 1. The van der Waals surface area contributed by atoms with E-state index in [2.05, 4.69) is 9.36 Å². The molecule has 2 rings (SSSR count). The lowest BCUT2D eigenvalue weighted by atomic mass is 10.1. The predicted octanol–water partition coefficient (Wildman–Crippen LogP) is 2.36. The number of rotatable bonds is 4. The molecule has 19 heavy (non-hydrogen) atoms. The maximum atomic E-state index is 9.92. The number of likely N-dealkylation sites (N-methyl/N-ethyl adjacent to an activating group) is 1. The van der Waals surface area contributed by atoms with E-state index in [1.165, 1.54) is 11.5 Å². The molecule has 0 amide bonds. The lowest BCUT2D eigenvalue weighted by Crippen LogP contribution is -2.36. The van der Waals surface area contributed by atoms with Gasteiger partial charge in [0.15, 0.2) is 0 Å². The Morgan fingerprint density at radius 1 is 1.47 bits per heavy atom. The maximum Gasteiger partial charge on any atom is 0.148 e. The van der Waals surface area contributed by atoms with Crippen molar-refractivity contribution in [3.8, 4) is 11.3 Å². The van der Waals surface area contributed by atoms with Gasteiger partial charge >= 0.3 is 0 Å². The smallest absolute Gasteiger partial charge is 0.148 e. The molecule has 2 aromatic heterocycles. The van der Waals surface area contributed by atoms with Crippen LogP contribution >= 0.6 is 22.9 Å². The Labute approximate surface area is 120 Å². The zero-order valence-corrected chi connectivity index (χ0v) is 13.1. The lowest BCUT2D eigenvalue weighted by molar-refractivity contribution is 0.0888. The number of aryl methyl sites for hydroxylation is 1. The third kappa shape index (κ3) is 3.23. The molecule has 7 heteroatoms. The van der Waals surface area contributed by atoms with Crippen molar-refractivity contribution in [2.75, 3.05) is 24.2 Å². The van der Waals surface area contributed by atoms with Crippen LogP contribution in [0.1, 0.15) is 18.9 Å². The van der Waals surface area contributed by atoms with Crippen LogP contribution in [0.2, 0.25) is 0 Å². The number of nitrogen functional groups attached to an aromatic ring is 1. The number of hydrogen-bond acceptors (Lipinski definition) is 7. The predicted molar refractivity (Wildman–Crippen MR) is 81.9 cm³/mol. The van der Waals surface area contributed by atoms with Crippen LogP contribution in [0.4, 0.5) is 10.8 Å². The molecule has 0 aliphatic carbocycles. The Kier molecular flexibility index (Phi) is 3.80. The van der Waals surface area contributed by atoms with Crippen LogP contribution in [0, 0.1) is 6.92 Å². The van der Waals surface area contributed by atoms with Crippen LogP contribution in [0.5, 0.6) is 0 Å². The van der Waals surface area contributed by atoms with E-state index in [1.54, 1.807) is 25.2 Å². The Morgan fingerprint density at radius 2 is 2.16 bits per heavy atom. The van der Waals surface area contributed by atoms with Crippen LogP contribution in [-0.2, 0) is 0 Å². The van der Waals surface area contributed by atoms with Crippen LogP contribution in [0.15, 0.2) is 5.38 Å². The summed E-state index contributed by atoms with van der Waals surface area (Å²) in [7, 11) is 1.92. The van der Waals surface area contributed by atoms with Gasteiger partial charge in [-0.05, 0) is 32.3 Å². The highest BCUT2D eigenvalue weighted by atomic mass is 32.1. The average Bonchev–Trinajstić information content (AvgIpc) is 2.81. The molecular formula is C12H18N4OS2. The average molecular weight is 298 g/mol. The molecule has 0 aromatic carbocycles. The van der Waals surface area contributed by atoms with Gasteiger partial charge in [-0.2, -0.15) is 4.37 Å². The quantitative estimate of drug-likeness (QED) is 0.906. The van der Waals surface area contributed by atoms with Crippen molar-refractivity contribution in [2.24, 2.45) is 0 Å². The van der Waals surface area contributed by atoms with Gasteiger partial charge in [0.2, 0.25) is 0 Å². The van der Waals surface area contributed by atoms with Gasteiger partial charge in [0.05, 0.1) is 21.9 Å². The third-order valence-corrected chi connectivity index (χ3v) is 4.30. The topological polar surface area (TPSA) is 75.3 Å². The van der Waals surface area contributed by atoms with E-state index >= 15 is 0 Å². The van der Waals surface area contributed by atoms with E-state index < -0.39 is 5.60 Å². The zero-order valence-electron chi connectivity index (χ0n) is 11.5. The van der Waals surface area contributed by atoms with Crippen molar-refractivity contribution in [1.82, 2.24) is 9.36 Å². The van der Waals surface area contributed by atoms with Gasteiger partial charge in [0, 0.05) is 19.0 Å². The van der Waals surface area contributed by atoms with E-state index in [0.717, 1.165) is 21.3 Å². The second-order valence-corrected chi connectivity index (χ2v) is 6.98. The Hall–Kier alpha value is -1.18. The first kappa shape index (κ1) is 14.2. The van der Waals surface area contributed by atoms with Crippen LogP contribution in [0.3, 0.4) is 0 Å². The first-order valence-corrected chi connectivity index (χ1v) is 7.54. The summed E-state index contributed by atoms with van der Waals surface area (Å²) < 4.78 is 4.21. The molecule has 5 nitrogen and oxygen atoms in total. The summed E-state index contributed by atoms with van der Waals surface area (Å²) in [5.41, 5.74) is 6.90. The fraction of sp³-hybridized carbons (Fsp3) is 0.500. The summed E-state index contributed by atoms with van der Waals surface area (Å²) in [6.07, 6.45) is 0. The number of hydrogen-bond donors (Lipinski definition) is 2. The van der Waals surface area contributed by atoms with Gasteiger partial charge in [-0.15, -0.1) is 11.3 Å². The van der Waals surface area contributed by atoms with E-state index in [4.69, 9.17) is 5.73 Å². The van der Waals surface area contributed by atoms with E-state index in [9.17, 15) is 5.11 Å². The summed E-state index contributed by atoms with van der Waals surface area (Å²) in [4.78, 5) is 6.44. The third-order valence-electron chi connectivity index (χ3n) is 2.55. The lowest BCUT2D eigenvalue weighted by Gasteiger charge is -2.26. The Bertz CT molecular complexity index is 571. The van der Waals surface area contributed by atoms with Gasteiger partial charge in [-0.1, -0.05) is 0 Å². The molecule has 104 valence electrons. The molecular weight excluding hydrogens is 280 g/mol. The highest BCUT2D eigenvalue weighted by Crippen LogP contribution is 2.39. The molecule has 3 N–H and O–H groups in total. The van der Waals surface area contributed by atoms with Crippen molar-refractivity contribution < 1.29 is 5.11 Å². The molecule has 0 unspecified atom stereocenters. The summed E-state index contributed by atoms with van der Waals surface area (Å²) in [5, 5.41) is 13.8. The minimum absolute atomic E-state index is 0.493. The van der Waals surface area contributed by atoms with E-state index in [-0.39, 0.29) is 0 Å². The highest BCUT2D eigenvalue weighted by molar-refractivity contribution is 7.11. The van der Waals surface area contributed by atoms with Crippen LogP contribution in [-0.4, -0.2) is 33.7 Å². The number of anilines is 2. The molecule has 2 heterocycles. The zero-order chi connectivity index (χ0) is 14.2. The largest absolute Gasteiger partial charge is 0.389 e. The molecule has 2 aromatic rings. The number of aromatic nitrogens is 2. The van der Waals surface area contributed by atoms with E-state index in [0.29, 0.717) is 12.4 Å². The van der Waals surface area contributed by atoms with Crippen molar-refractivity contribution >= 4 is 33.7 Å². The molecule has 0 fully saturated rings. The second kappa shape index (κ2) is 5.07. The monoisotopic (exact) mass is 298 g/mol. The highest BCUT2D eigenvalue weighted by Gasteiger charge is 2.23. The van der Waals surface area contributed by atoms with Gasteiger partial charge < -0.3 is 15.7 Å². The van der Waals surface area contributed by atoms with Crippen molar-refractivity contribution in [1.29, 1.82) is 0 Å². The van der Waals surface area contributed by atoms with Gasteiger partial charge in [-0.3, -0.25) is 0 Å². The van der Waals surface area contributed by atoms with Crippen LogP contribution < -0.4 is 10.6 Å².